The second-order valence-electron chi connectivity index (χ2n) is 11.0. The molecule has 4 unspecified atom stereocenters. The van der Waals surface area contributed by atoms with E-state index in [1.807, 2.05) is 0 Å². The fourth-order valence-corrected chi connectivity index (χ4v) is 3.94. The minimum atomic E-state index is -8.84. The van der Waals surface area contributed by atoms with Crippen LogP contribution in [0.15, 0.2) is 18.2 Å². The molecule has 3 rings (SSSR count). The van der Waals surface area contributed by atoms with E-state index in [1.165, 1.54) is 0 Å². The van der Waals surface area contributed by atoms with Crippen LogP contribution in [0.5, 0.6) is 0 Å². The highest BCUT2D eigenvalue weighted by Crippen LogP contribution is 2.63. The van der Waals surface area contributed by atoms with E-state index >= 15 is 35.1 Å². The molecule has 2 fully saturated rings. The zero-order valence-electron chi connectivity index (χ0n) is 24.3. The average molecular weight is 840 g/mol. The Bertz CT molecular complexity index is 1420. The molecule has 1 aromatic carbocycles. The van der Waals surface area contributed by atoms with Gasteiger partial charge in [-0.1, -0.05) is 0 Å². The molecule has 0 aliphatic carbocycles. The van der Waals surface area contributed by atoms with Gasteiger partial charge in [0.25, 0.3) is 0 Å². The van der Waals surface area contributed by atoms with E-state index in [9.17, 15) is 74.6 Å². The Morgan fingerprint density at radius 3 is 0.906 bits per heavy atom. The van der Waals surface area contributed by atoms with Crippen LogP contribution in [-0.2, 0) is 36.7 Å². The minimum absolute atomic E-state index is 0.680. The average Bonchev–Trinajstić information content (AvgIpc) is 3.91. The predicted octanol–water partition coefficient (Wildman–Crippen LogP) is 9.35. The Labute approximate surface area is 275 Å². The maximum Gasteiger partial charge on any atom is 0.460 e. The van der Waals surface area contributed by atoms with Crippen molar-refractivity contribution in [2.75, 3.05) is 26.4 Å². The lowest BCUT2D eigenvalue weighted by molar-refractivity contribution is -0.441. The van der Waals surface area contributed by atoms with Crippen molar-refractivity contribution >= 4 is 0 Å². The predicted molar refractivity (Wildman–Crippen MR) is 115 cm³/mol. The molecule has 2 saturated heterocycles. The molecule has 308 valence electrons. The Kier molecular flexibility index (Phi) is 10.7. The third kappa shape index (κ3) is 6.92. The lowest BCUT2D eigenvalue weighted by atomic mass is 9.86. The molecule has 0 saturated carbocycles. The number of rotatable bonds is 15. The summed E-state index contributed by atoms with van der Waals surface area (Å²) in [5.74, 6) is -70.4. The maximum absolute atomic E-state index is 15.3. The van der Waals surface area contributed by atoms with E-state index in [-0.39, 0.29) is 0 Å². The Balaban J connectivity index is 2.42. The van der Waals surface area contributed by atoms with Gasteiger partial charge in [-0.05, 0) is 18.2 Å². The lowest BCUT2D eigenvalue weighted by Crippen LogP contribution is -2.69. The summed E-state index contributed by atoms with van der Waals surface area (Å²) in [7, 11) is 0. The van der Waals surface area contributed by atoms with Crippen LogP contribution in [0.25, 0.3) is 0 Å². The first-order chi connectivity index (χ1) is 23.2. The molecular formula is C24H13F25O4. The largest absolute Gasteiger partial charge is 0.460 e. The van der Waals surface area contributed by atoms with E-state index in [1.54, 1.807) is 0 Å². The third-order valence-electron chi connectivity index (χ3n) is 7.23. The quantitative estimate of drug-likeness (QED) is 0.131. The second-order valence-corrected chi connectivity index (χ2v) is 11.0. The molecule has 29 heteroatoms. The van der Waals surface area contributed by atoms with Gasteiger partial charge in [0.2, 0.25) is 0 Å². The molecule has 1 aromatic rings. The van der Waals surface area contributed by atoms with Gasteiger partial charge in [0, 0.05) is 16.7 Å². The highest BCUT2D eigenvalue weighted by molar-refractivity contribution is 5.41. The van der Waals surface area contributed by atoms with E-state index in [2.05, 4.69) is 18.9 Å². The van der Waals surface area contributed by atoms with E-state index in [4.69, 9.17) is 0 Å². The standard InChI is InChI=1S/C24H13F25O4/c25-13(26,16(31,32)17(33,34)18(35,36)19(37,38)22(41,42)43)8-1-9(14(27,28)20(39,23(44,45)46)52-6-11-4-50-11)3-10(2-8)15(29,30)21(40,24(47,48)49)53-7-12-5-51-12/h1-3,11-12H,4-7H2. The van der Waals surface area contributed by atoms with Gasteiger partial charge >= 0.3 is 71.7 Å². The van der Waals surface area contributed by atoms with Crippen molar-refractivity contribution in [1.82, 2.24) is 0 Å². The van der Waals surface area contributed by atoms with Crippen molar-refractivity contribution in [2.24, 2.45) is 0 Å². The lowest BCUT2D eigenvalue weighted by Gasteiger charge is -2.40. The second kappa shape index (κ2) is 12.7. The first-order valence-corrected chi connectivity index (χ1v) is 13.1. The van der Waals surface area contributed by atoms with Crippen molar-refractivity contribution in [3.8, 4) is 0 Å². The van der Waals surface area contributed by atoms with Crippen molar-refractivity contribution < 1.29 is 129 Å². The summed E-state index contributed by atoms with van der Waals surface area (Å²) in [6.45, 7) is -5.23. The Morgan fingerprint density at radius 2 is 0.660 bits per heavy atom. The normalized spacial score (nSPS) is 22.4. The fourth-order valence-electron chi connectivity index (χ4n) is 3.94. The smallest absolute Gasteiger partial charge is 0.371 e. The van der Waals surface area contributed by atoms with Crippen molar-refractivity contribution in [3.63, 3.8) is 0 Å². The highest BCUT2D eigenvalue weighted by atomic mass is 19.4. The number of epoxide rings is 2. The van der Waals surface area contributed by atoms with Crippen LogP contribution in [0.1, 0.15) is 16.7 Å². The van der Waals surface area contributed by atoms with Crippen LogP contribution >= 0.6 is 0 Å². The zero-order valence-corrected chi connectivity index (χ0v) is 24.3. The summed E-state index contributed by atoms with van der Waals surface area (Å²) in [4.78, 5) is 0. The van der Waals surface area contributed by atoms with Crippen LogP contribution in [-0.4, -0.2) is 92.6 Å². The molecule has 53 heavy (non-hydrogen) atoms. The molecular weight excluding hydrogens is 827 g/mol. The molecule has 0 N–H and O–H groups in total. The molecule has 4 nitrogen and oxygen atoms in total. The van der Waals surface area contributed by atoms with Gasteiger partial charge in [0.1, 0.15) is 12.2 Å². The molecule has 2 aliphatic rings. The SMILES string of the molecule is FC(F)(F)C(F)(F)C(F)(F)C(F)(F)C(F)(F)C(F)(F)c1cc(C(F)(F)C(F)(OCC2CO2)C(F)(F)F)cc(C(F)(F)C(F)(OCC2CO2)C(F)(F)F)c1. The van der Waals surface area contributed by atoms with Gasteiger partial charge < -0.3 is 18.9 Å². The van der Waals surface area contributed by atoms with Gasteiger partial charge in [0.05, 0.1) is 26.4 Å². The minimum Gasteiger partial charge on any atom is -0.371 e. The summed E-state index contributed by atoms with van der Waals surface area (Å²) >= 11 is 0. The van der Waals surface area contributed by atoms with Gasteiger partial charge in [-0.15, -0.1) is 0 Å². The highest BCUT2D eigenvalue weighted by Gasteiger charge is 2.91. The summed E-state index contributed by atoms with van der Waals surface area (Å²) in [6.07, 6.45) is -25.9. The Hall–Kier alpha value is -2.69. The molecule has 0 spiro atoms. The van der Waals surface area contributed by atoms with Crippen LogP contribution in [0.4, 0.5) is 110 Å². The number of halogens is 25. The molecule has 2 aliphatic heterocycles. The number of hydrogen-bond acceptors (Lipinski definition) is 4. The summed E-state index contributed by atoms with van der Waals surface area (Å²) < 4.78 is 367. The van der Waals surface area contributed by atoms with Gasteiger partial charge in [-0.2, -0.15) is 110 Å². The summed E-state index contributed by atoms with van der Waals surface area (Å²) in [6, 6.07) is -5.45. The topological polar surface area (TPSA) is 43.5 Å². The van der Waals surface area contributed by atoms with Crippen LogP contribution < -0.4 is 0 Å². The zero-order chi connectivity index (χ0) is 41.7. The summed E-state index contributed by atoms with van der Waals surface area (Å²) in [5, 5.41) is 0. The van der Waals surface area contributed by atoms with E-state index in [0.29, 0.717) is 0 Å². The van der Waals surface area contributed by atoms with Crippen molar-refractivity contribution in [3.05, 3.63) is 34.9 Å². The number of alkyl halides is 25. The van der Waals surface area contributed by atoms with Crippen molar-refractivity contribution in [2.45, 2.75) is 83.9 Å². The molecule has 0 bridgehead atoms. The van der Waals surface area contributed by atoms with Gasteiger partial charge in [-0.25, -0.2) is 0 Å². The van der Waals surface area contributed by atoms with E-state index < -0.39 is 145 Å². The first kappa shape index (κ1) is 44.7. The fraction of sp³-hybridized carbons (Fsp3) is 0.750. The third-order valence-corrected chi connectivity index (χ3v) is 7.23. The number of hydrogen-bond donors (Lipinski definition) is 0. The molecule has 4 atom stereocenters. The maximum atomic E-state index is 15.3. The van der Waals surface area contributed by atoms with Crippen LogP contribution in [0.2, 0.25) is 0 Å². The first-order valence-electron chi connectivity index (χ1n) is 13.1. The summed E-state index contributed by atoms with van der Waals surface area (Å²) in [5.41, 5.74) is -11.5. The van der Waals surface area contributed by atoms with E-state index in [0.717, 1.165) is 0 Å². The van der Waals surface area contributed by atoms with Gasteiger partial charge in [0.15, 0.2) is 0 Å². The molecule has 2 heterocycles. The molecule has 0 radical (unpaired) electrons. The van der Waals surface area contributed by atoms with Crippen LogP contribution in [0, 0.1) is 0 Å². The number of ether oxygens (including phenoxy) is 4. The van der Waals surface area contributed by atoms with Gasteiger partial charge in [-0.3, -0.25) is 0 Å². The van der Waals surface area contributed by atoms with Crippen molar-refractivity contribution in [1.29, 1.82) is 0 Å². The number of benzene rings is 1. The molecule has 0 aromatic heterocycles. The monoisotopic (exact) mass is 840 g/mol. The van der Waals surface area contributed by atoms with Crippen LogP contribution in [0.3, 0.4) is 0 Å². The molecule has 0 amide bonds. The Morgan fingerprint density at radius 1 is 0.396 bits per heavy atom.